The van der Waals surface area contributed by atoms with Crippen LogP contribution in [0.1, 0.15) is 5.56 Å². The fraction of sp³-hybridized carbons (Fsp3) is 0.0667. The predicted molar refractivity (Wildman–Crippen MR) is 135 cm³/mol. The van der Waals surface area contributed by atoms with Crippen molar-refractivity contribution < 1.29 is 0 Å². The zero-order valence-corrected chi connectivity index (χ0v) is 17.6. The Morgan fingerprint density at radius 1 is 0.516 bits per heavy atom. The molecule has 0 aromatic heterocycles. The Hall–Kier alpha value is -3.58. The van der Waals surface area contributed by atoms with E-state index in [1.54, 1.807) is 0 Å². The van der Waals surface area contributed by atoms with Crippen LogP contribution in [0.4, 0.5) is 0 Å². The molecule has 0 saturated heterocycles. The van der Waals surface area contributed by atoms with Gasteiger partial charge in [-0.15, -0.1) is 0 Å². The lowest BCUT2D eigenvalue weighted by Crippen LogP contribution is -2.40. The molecule has 2 aliphatic rings. The van der Waals surface area contributed by atoms with Gasteiger partial charge in [0.05, 0.1) is 0 Å². The highest BCUT2D eigenvalue weighted by Crippen LogP contribution is 2.37. The van der Waals surface area contributed by atoms with Gasteiger partial charge >= 0.3 is 0 Å². The minimum Gasteiger partial charge on any atom is -0.0947 e. The molecule has 4 aromatic rings. The summed E-state index contributed by atoms with van der Waals surface area (Å²) in [6.45, 7) is 0. The van der Waals surface area contributed by atoms with E-state index < -0.39 is 0 Å². The molecular weight excluding hydrogens is 371 g/mol. The van der Waals surface area contributed by atoms with Gasteiger partial charge in [-0.25, -0.2) is 0 Å². The number of allylic oxidation sites excluding steroid dienone is 4. The Kier molecular flexibility index (Phi) is 4.28. The van der Waals surface area contributed by atoms with Crippen molar-refractivity contribution >= 4 is 29.7 Å². The first kappa shape index (κ1) is 18.2. The lowest BCUT2D eigenvalue weighted by molar-refractivity contribution is 0.697. The van der Waals surface area contributed by atoms with E-state index in [-0.39, 0.29) is 0 Å². The SMILES string of the molecule is BC1=c2ccccc2=C(c2cccc(-c3ccc4ccccc4c3)c2)C2C=CC=CC12. The molecule has 2 unspecified atom stereocenters. The second-order valence-electron chi connectivity index (χ2n) is 8.61. The summed E-state index contributed by atoms with van der Waals surface area (Å²) in [6, 6.07) is 33.3. The molecule has 2 atom stereocenters. The third-order valence-corrected chi connectivity index (χ3v) is 6.87. The van der Waals surface area contributed by atoms with Crippen LogP contribution in [0.2, 0.25) is 0 Å². The highest BCUT2D eigenvalue weighted by Gasteiger charge is 2.28. The molecule has 146 valence electrons. The molecule has 1 heteroatoms. The van der Waals surface area contributed by atoms with Gasteiger partial charge in [-0.05, 0) is 55.6 Å². The molecule has 0 heterocycles. The average molecular weight is 394 g/mol. The summed E-state index contributed by atoms with van der Waals surface area (Å²) in [5.41, 5.74) is 6.76. The molecule has 0 bridgehead atoms. The molecule has 0 radical (unpaired) electrons. The van der Waals surface area contributed by atoms with E-state index in [4.69, 9.17) is 0 Å². The third-order valence-electron chi connectivity index (χ3n) is 6.87. The van der Waals surface area contributed by atoms with Crippen LogP contribution in [0.5, 0.6) is 0 Å². The third kappa shape index (κ3) is 3.01. The van der Waals surface area contributed by atoms with E-state index in [9.17, 15) is 0 Å². The molecule has 0 amide bonds. The van der Waals surface area contributed by atoms with Gasteiger partial charge in [-0.1, -0.05) is 109 Å². The van der Waals surface area contributed by atoms with Gasteiger partial charge in [-0.2, -0.15) is 0 Å². The standard InChI is InChI=1S/C30H23B/c31-30-27-14-5-3-12-25(27)29(26-13-4-6-15-28(26)30)24-11-7-10-22(19-24)23-17-16-20-8-1-2-9-21(20)18-23/h1-19,25,27H,31H2. The second-order valence-corrected chi connectivity index (χ2v) is 8.61. The second kappa shape index (κ2) is 7.28. The Bertz CT molecular complexity index is 1500. The van der Waals surface area contributed by atoms with Crippen LogP contribution in [0, 0.1) is 11.8 Å². The van der Waals surface area contributed by atoms with Gasteiger partial charge in [0.15, 0.2) is 0 Å². The molecule has 0 aliphatic heterocycles. The first-order chi connectivity index (χ1) is 15.3. The van der Waals surface area contributed by atoms with Gasteiger partial charge < -0.3 is 0 Å². The highest BCUT2D eigenvalue weighted by molar-refractivity contribution is 6.39. The van der Waals surface area contributed by atoms with Crippen molar-refractivity contribution in [2.45, 2.75) is 0 Å². The molecule has 0 spiro atoms. The Morgan fingerprint density at radius 2 is 1.19 bits per heavy atom. The molecule has 0 N–H and O–H groups in total. The molecule has 4 aromatic carbocycles. The predicted octanol–water partition coefficient (Wildman–Crippen LogP) is 4.82. The van der Waals surface area contributed by atoms with Crippen LogP contribution >= 0.6 is 0 Å². The molecule has 0 saturated carbocycles. The fourth-order valence-electron chi connectivity index (χ4n) is 5.30. The lowest BCUT2D eigenvalue weighted by Gasteiger charge is -2.32. The first-order valence-electron chi connectivity index (χ1n) is 11.0. The van der Waals surface area contributed by atoms with Gasteiger partial charge in [-0.3, -0.25) is 0 Å². The van der Waals surface area contributed by atoms with E-state index in [1.165, 1.54) is 48.9 Å². The van der Waals surface area contributed by atoms with Crippen molar-refractivity contribution in [3.63, 3.8) is 0 Å². The van der Waals surface area contributed by atoms with Gasteiger partial charge in [0.25, 0.3) is 0 Å². The van der Waals surface area contributed by atoms with Gasteiger partial charge in [0.2, 0.25) is 0 Å². The monoisotopic (exact) mass is 394 g/mol. The van der Waals surface area contributed by atoms with Crippen molar-refractivity contribution in [2.75, 3.05) is 0 Å². The summed E-state index contributed by atoms with van der Waals surface area (Å²) in [5, 5.41) is 5.32. The van der Waals surface area contributed by atoms with Crippen LogP contribution in [-0.2, 0) is 0 Å². The highest BCUT2D eigenvalue weighted by atomic mass is 14.3. The zero-order valence-electron chi connectivity index (χ0n) is 17.6. The van der Waals surface area contributed by atoms with E-state index in [0.717, 1.165) is 0 Å². The Labute approximate surface area is 184 Å². The molecule has 2 aliphatic carbocycles. The zero-order chi connectivity index (χ0) is 20.8. The van der Waals surface area contributed by atoms with Crippen molar-refractivity contribution in [1.29, 1.82) is 0 Å². The van der Waals surface area contributed by atoms with E-state index >= 15 is 0 Å². The van der Waals surface area contributed by atoms with Crippen molar-refractivity contribution in [2.24, 2.45) is 11.8 Å². The van der Waals surface area contributed by atoms with Crippen LogP contribution in [-0.4, -0.2) is 7.85 Å². The van der Waals surface area contributed by atoms with E-state index in [1.807, 2.05) is 0 Å². The van der Waals surface area contributed by atoms with Gasteiger partial charge in [0, 0.05) is 11.8 Å². The van der Waals surface area contributed by atoms with Crippen molar-refractivity contribution in [3.8, 4) is 11.1 Å². The van der Waals surface area contributed by atoms with Gasteiger partial charge in [0.1, 0.15) is 7.85 Å². The normalized spacial score (nSPS) is 19.4. The Balaban J connectivity index is 1.57. The summed E-state index contributed by atoms with van der Waals surface area (Å²) >= 11 is 0. The first-order valence-corrected chi connectivity index (χ1v) is 11.0. The molecule has 31 heavy (non-hydrogen) atoms. The van der Waals surface area contributed by atoms with Crippen LogP contribution in [0.25, 0.3) is 32.9 Å². The maximum Gasteiger partial charge on any atom is 0.135 e. The fourth-order valence-corrected chi connectivity index (χ4v) is 5.30. The van der Waals surface area contributed by atoms with E-state index in [2.05, 4.69) is 123 Å². The number of hydrogen-bond acceptors (Lipinski definition) is 0. The maximum atomic E-state index is 2.38. The van der Waals surface area contributed by atoms with E-state index in [0.29, 0.717) is 11.8 Å². The summed E-state index contributed by atoms with van der Waals surface area (Å²) in [6.07, 6.45) is 9.14. The average Bonchev–Trinajstić information content (AvgIpc) is 2.84. The molecule has 6 rings (SSSR count). The van der Waals surface area contributed by atoms with Crippen LogP contribution < -0.4 is 10.4 Å². The summed E-state index contributed by atoms with van der Waals surface area (Å²) < 4.78 is 0. The molecule has 0 fully saturated rings. The van der Waals surface area contributed by atoms with Crippen LogP contribution in [0.3, 0.4) is 0 Å². The molecular formula is C30H23B. The van der Waals surface area contributed by atoms with Crippen LogP contribution in [0.15, 0.2) is 115 Å². The summed E-state index contributed by atoms with van der Waals surface area (Å²) in [7, 11) is 2.29. The minimum absolute atomic E-state index is 0.381. The number of fused-ring (bicyclic) bond motifs is 3. The maximum absolute atomic E-state index is 2.38. The molecule has 0 nitrogen and oxygen atoms in total. The minimum atomic E-state index is 0.381. The lowest BCUT2D eigenvalue weighted by atomic mass is 9.66. The summed E-state index contributed by atoms with van der Waals surface area (Å²) in [5.74, 6) is 0.811. The smallest absolute Gasteiger partial charge is 0.0947 e. The Morgan fingerprint density at radius 3 is 2.06 bits per heavy atom. The summed E-state index contributed by atoms with van der Waals surface area (Å²) in [4.78, 5) is 0. The quantitative estimate of drug-likeness (QED) is 0.428. The number of hydrogen-bond donors (Lipinski definition) is 0. The topological polar surface area (TPSA) is 0 Å². The van der Waals surface area contributed by atoms with Crippen molar-refractivity contribution in [1.82, 2.24) is 0 Å². The number of rotatable bonds is 2. The largest absolute Gasteiger partial charge is 0.135 e. The number of benzene rings is 4. The van der Waals surface area contributed by atoms with Crippen molar-refractivity contribution in [3.05, 3.63) is 131 Å².